The van der Waals surface area contributed by atoms with Gasteiger partial charge < -0.3 is 10.6 Å². The van der Waals surface area contributed by atoms with Crippen LogP contribution in [-0.2, 0) is 4.79 Å². The fourth-order valence-electron chi connectivity index (χ4n) is 2.21. The van der Waals surface area contributed by atoms with Crippen molar-refractivity contribution in [1.29, 1.82) is 0 Å². The van der Waals surface area contributed by atoms with E-state index < -0.39 is 0 Å². The highest BCUT2D eigenvalue weighted by Crippen LogP contribution is 2.23. The van der Waals surface area contributed by atoms with E-state index in [1.54, 1.807) is 6.07 Å². The Morgan fingerprint density at radius 1 is 1.00 bits per heavy atom. The summed E-state index contributed by atoms with van der Waals surface area (Å²) in [7, 11) is 0. The number of nitrogens with one attached hydrogen (secondary N) is 2. The van der Waals surface area contributed by atoms with Crippen molar-refractivity contribution in [3.05, 3.63) is 59.7 Å². The average molecular weight is 371 g/mol. The smallest absolute Gasteiger partial charge is 0.252 e. The molecule has 5 heteroatoms. The van der Waals surface area contributed by atoms with E-state index in [0.717, 1.165) is 16.1 Å². The van der Waals surface area contributed by atoms with Crippen LogP contribution < -0.4 is 10.6 Å². The Labute approximate surface area is 159 Å². The first-order valence-corrected chi connectivity index (χ1v) is 9.74. The van der Waals surface area contributed by atoms with E-state index in [1.165, 1.54) is 11.8 Å². The van der Waals surface area contributed by atoms with Crippen LogP contribution in [-0.4, -0.2) is 23.6 Å². The van der Waals surface area contributed by atoms with Gasteiger partial charge in [0.15, 0.2) is 0 Å². The van der Waals surface area contributed by atoms with E-state index in [1.807, 2.05) is 56.3 Å². The highest BCUT2D eigenvalue weighted by atomic mass is 32.2. The molecule has 0 aliphatic carbocycles. The van der Waals surface area contributed by atoms with Crippen LogP contribution >= 0.6 is 11.8 Å². The van der Waals surface area contributed by atoms with E-state index in [2.05, 4.69) is 24.5 Å². The van der Waals surface area contributed by atoms with Gasteiger partial charge in [-0.3, -0.25) is 9.59 Å². The lowest BCUT2D eigenvalue weighted by Gasteiger charge is -2.18. The van der Waals surface area contributed by atoms with Crippen molar-refractivity contribution in [2.24, 2.45) is 5.92 Å². The number of thioether (sulfide) groups is 1. The molecule has 26 heavy (non-hydrogen) atoms. The lowest BCUT2D eigenvalue weighted by atomic mass is 10.1. The normalized spacial score (nSPS) is 11.9. The van der Waals surface area contributed by atoms with Crippen LogP contribution in [0.25, 0.3) is 0 Å². The van der Waals surface area contributed by atoms with Crippen LogP contribution in [0.1, 0.15) is 36.7 Å². The van der Waals surface area contributed by atoms with Crippen LogP contribution in [0.5, 0.6) is 0 Å². The molecule has 4 nitrogen and oxygen atoms in total. The number of anilines is 1. The Morgan fingerprint density at radius 3 is 2.31 bits per heavy atom. The van der Waals surface area contributed by atoms with E-state index >= 15 is 0 Å². The van der Waals surface area contributed by atoms with Gasteiger partial charge in [-0.15, -0.1) is 11.8 Å². The Hall–Kier alpha value is -2.27. The summed E-state index contributed by atoms with van der Waals surface area (Å²) in [6.07, 6.45) is 0. The minimum absolute atomic E-state index is 0.0883. The number of amides is 2. The monoisotopic (exact) mass is 370 g/mol. The summed E-state index contributed by atoms with van der Waals surface area (Å²) in [5, 5.41) is 5.89. The molecule has 0 radical (unpaired) electrons. The van der Waals surface area contributed by atoms with Crippen LogP contribution in [0, 0.1) is 12.8 Å². The second-order valence-corrected chi connectivity index (χ2v) is 7.72. The molecule has 0 spiro atoms. The lowest BCUT2D eigenvalue weighted by Crippen LogP contribution is -2.36. The van der Waals surface area contributed by atoms with E-state index in [-0.39, 0.29) is 23.6 Å². The third-order valence-electron chi connectivity index (χ3n) is 4.18. The molecule has 2 aromatic carbocycles. The van der Waals surface area contributed by atoms with Crippen molar-refractivity contribution in [3.63, 3.8) is 0 Å². The molecule has 0 saturated carbocycles. The van der Waals surface area contributed by atoms with Crippen molar-refractivity contribution in [3.8, 4) is 0 Å². The molecule has 0 fully saturated rings. The zero-order valence-electron chi connectivity index (χ0n) is 15.7. The van der Waals surface area contributed by atoms with Gasteiger partial charge in [-0.2, -0.15) is 0 Å². The number of aryl methyl sites for hydroxylation is 1. The van der Waals surface area contributed by atoms with Crippen molar-refractivity contribution in [1.82, 2.24) is 5.32 Å². The lowest BCUT2D eigenvalue weighted by molar-refractivity contribution is -0.113. The number of benzene rings is 2. The van der Waals surface area contributed by atoms with Gasteiger partial charge in [0.1, 0.15) is 0 Å². The van der Waals surface area contributed by atoms with E-state index in [0.29, 0.717) is 11.5 Å². The molecule has 1 atom stereocenters. The zero-order valence-corrected chi connectivity index (χ0v) is 16.5. The quantitative estimate of drug-likeness (QED) is 0.706. The fourth-order valence-corrected chi connectivity index (χ4v) is 3.06. The molecule has 2 aromatic rings. The zero-order chi connectivity index (χ0) is 19.1. The van der Waals surface area contributed by atoms with Crippen molar-refractivity contribution in [2.75, 3.05) is 11.1 Å². The van der Waals surface area contributed by atoms with Gasteiger partial charge in [0.05, 0.1) is 11.3 Å². The van der Waals surface area contributed by atoms with Gasteiger partial charge in [-0.05, 0) is 44.0 Å². The largest absolute Gasteiger partial charge is 0.349 e. The molecule has 2 amide bonds. The first-order chi connectivity index (χ1) is 12.4. The third kappa shape index (κ3) is 5.92. The van der Waals surface area contributed by atoms with Crippen LogP contribution in [0.4, 0.5) is 5.69 Å². The minimum atomic E-state index is -0.103. The second-order valence-electron chi connectivity index (χ2n) is 6.71. The number of rotatable bonds is 7. The van der Waals surface area contributed by atoms with E-state index in [4.69, 9.17) is 0 Å². The summed E-state index contributed by atoms with van der Waals surface area (Å²) in [5.74, 6) is 0.412. The topological polar surface area (TPSA) is 58.2 Å². The second kappa shape index (κ2) is 9.43. The predicted molar refractivity (Wildman–Crippen MR) is 109 cm³/mol. The Bertz CT molecular complexity index is 757. The first kappa shape index (κ1) is 20.0. The minimum Gasteiger partial charge on any atom is -0.349 e. The number of hydrogen-bond donors (Lipinski definition) is 2. The molecule has 0 aliphatic heterocycles. The Balaban J connectivity index is 1.98. The van der Waals surface area contributed by atoms with Crippen LogP contribution in [0.3, 0.4) is 0 Å². The molecule has 0 heterocycles. The SMILES string of the molecule is Cc1ccc(NC(=O)CSc2ccccc2C(=O)NC(C)C(C)C)cc1. The summed E-state index contributed by atoms with van der Waals surface area (Å²) in [5.41, 5.74) is 2.53. The maximum Gasteiger partial charge on any atom is 0.252 e. The van der Waals surface area contributed by atoms with Gasteiger partial charge in [-0.1, -0.05) is 43.7 Å². The maximum absolute atomic E-state index is 12.5. The highest BCUT2D eigenvalue weighted by Gasteiger charge is 2.16. The molecular weight excluding hydrogens is 344 g/mol. The van der Waals surface area contributed by atoms with Gasteiger partial charge in [-0.25, -0.2) is 0 Å². The van der Waals surface area contributed by atoms with Crippen LogP contribution in [0.2, 0.25) is 0 Å². The molecule has 2 rings (SSSR count). The molecule has 0 bridgehead atoms. The van der Waals surface area contributed by atoms with Gasteiger partial charge in [0.2, 0.25) is 5.91 Å². The average Bonchev–Trinajstić information content (AvgIpc) is 2.62. The Kier molecular flexibility index (Phi) is 7.27. The third-order valence-corrected chi connectivity index (χ3v) is 5.26. The summed E-state index contributed by atoms with van der Waals surface area (Å²) >= 11 is 1.37. The summed E-state index contributed by atoms with van der Waals surface area (Å²) in [6.45, 7) is 8.14. The van der Waals surface area contributed by atoms with Crippen LogP contribution in [0.15, 0.2) is 53.4 Å². The summed E-state index contributed by atoms with van der Waals surface area (Å²) < 4.78 is 0. The van der Waals surface area contributed by atoms with Crippen molar-refractivity contribution < 1.29 is 9.59 Å². The van der Waals surface area contributed by atoms with Gasteiger partial charge >= 0.3 is 0 Å². The maximum atomic E-state index is 12.5. The van der Waals surface area contributed by atoms with Crippen molar-refractivity contribution >= 4 is 29.3 Å². The molecule has 1 unspecified atom stereocenters. The predicted octanol–water partition coefficient (Wildman–Crippen LogP) is 4.50. The first-order valence-electron chi connectivity index (χ1n) is 8.76. The number of carbonyl (C=O) groups excluding carboxylic acids is 2. The number of hydrogen-bond acceptors (Lipinski definition) is 3. The molecular formula is C21H26N2O2S. The highest BCUT2D eigenvalue weighted by molar-refractivity contribution is 8.00. The van der Waals surface area contributed by atoms with Gasteiger partial charge in [0.25, 0.3) is 5.91 Å². The Morgan fingerprint density at radius 2 is 1.65 bits per heavy atom. The molecule has 0 saturated heterocycles. The fraction of sp³-hybridized carbons (Fsp3) is 0.333. The molecule has 2 N–H and O–H groups in total. The van der Waals surface area contributed by atoms with E-state index in [9.17, 15) is 9.59 Å². The molecule has 0 aromatic heterocycles. The molecule has 0 aliphatic rings. The van der Waals surface area contributed by atoms with Gasteiger partial charge in [0, 0.05) is 16.6 Å². The standard InChI is InChI=1S/C21H26N2O2S/c1-14(2)16(4)22-21(25)18-7-5-6-8-19(18)26-13-20(24)23-17-11-9-15(3)10-12-17/h5-12,14,16H,13H2,1-4H3,(H,22,25)(H,23,24). The van der Waals surface area contributed by atoms with Crippen molar-refractivity contribution in [2.45, 2.75) is 38.6 Å². The number of carbonyl (C=O) groups is 2. The summed E-state index contributed by atoms with van der Waals surface area (Å²) in [6, 6.07) is 15.1. The summed E-state index contributed by atoms with van der Waals surface area (Å²) in [4.78, 5) is 25.5. The molecule has 138 valence electrons.